The van der Waals surface area contributed by atoms with E-state index in [0.717, 1.165) is 55.6 Å². The van der Waals surface area contributed by atoms with E-state index in [1.807, 2.05) is 24.3 Å². The van der Waals surface area contributed by atoms with Crippen molar-refractivity contribution in [3.05, 3.63) is 60.3 Å². The fraction of sp³-hybridized carbons (Fsp3) is 0.318. The molecule has 2 N–H and O–H groups in total. The van der Waals surface area contributed by atoms with Crippen LogP contribution in [0.4, 0.5) is 11.4 Å². The van der Waals surface area contributed by atoms with Gasteiger partial charge in [0.25, 0.3) is 0 Å². The number of fused-ring (bicyclic) bond motifs is 1. The maximum atomic E-state index is 12.0. The molecule has 1 fully saturated rings. The molecule has 1 aliphatic heterocycles. The van der Waals surface area contributed by atoms with Crippen LogP contribution in [0.3, 0.4) is 0 Å². The molecule has 2 heterocycles. The molecule has 29 heavy (non-hydrogen) atoms. The first-order chi connectivity index (χ1) is 14.0. The van der Waals surface area contributed by atoms with Crippen LogP contribution in [-0.2, 0) is 16.4 Å². The number of piperazine rings is 1. The topological polar surface area (TPSA) is 79.5 Å². The summed E-state index contributed by atoms with van der Waals surface area (Å²) in [5, 5.41) is 6.58. The van der Waals surface area contributed by atoms with Gasteiger partial charge in [0.1, 0.15) is 4.90 Å². The molecule has 0 bridgehead atoms. The highest BCUT2D eigenvalue weighted by Gasteiger charge is 2.23. The second-order valence-electron chi connectivity index (χ2n) is 7.39. The first-order valence-electron chi connectivity index (χ1n) is 9.98. The van der Waals surface area contributed by atoms with Crippen LogP contribution in [0.1, 0.15) is 19.0 Å². The van der Waals surface area contributed by atoms with Crippen molar-refractivity contribution in [2.75, 3.05) is 36.0 Å². The Hall–Kier alpha value is -2.64. The zero-order valence-corrected chi connectivity index (χ0v) is 17.4. The molecule has 0 spiro atoms. The highest BCUT2D eigenvalue weighted by molar-refractivity contribution is 7.89. The summed E-state index contributed by atoms with van der Waals surface area (Å²) in [4.78, 5) is 9.47. The summed E-state index contributed by atoms with van der Waals surface area (Å²) in [6, 6.07) is 17.4. The molecule has 0 aliphatic carbocycles. The SMILES string of the molecule is CCCc1cc(N2CCN(c3ccccc3S(N)(=O)=O)CC2)c2ccccc2n1. The Bertz CT molecular complexity index is 1120. The van der Waals surface area contributed by atoms with E-state index in [2.05, 4.69) is 34.9 Å². The molecule has 152 valence electrons. The van der Waals surface area contributed by atoms with Crippen LogP contribution in [0.15, 0.2) is 59.5 Å². The van der Waals surface area contributed by atoms with Crippen LogP contribution in [0.25, 0.3) is 10.9 Å². The number of rotatable bonds is 5. The van der Waals surface area contributed by atoms with Crippen LogP contribution >= 0.6 is 0 Å². The largest absolute Gasteiger partial charge is 0.367 e. The van der Waals surface area contributed by atoms with E-state index in [9.17, 15) is 8.42 Å². The lowest BCUT2D eigenvalue weighted by atomic mass is 10.1. The number of nitrogens with two attached hydrogens (primary N) is 1. The van der Waals surface area contributed by atoms with Gasteiger partial charge in [-0.15, -0.1) is 0 Å². The molecule has 0 amide bonds. The maximum absolute atomic E-state index is 12.0. The molecule has 2 aromatic carbocycles. The molecule has 0 unspecified atom stereocenters. The van der Waals surface area contributed by atoms with Gasteiger partial charge in [-0.2, -0.15) is 0 Å². The van der Waals surface area contributed by atoms with Gasteiger partial charge < -0.3 is 9.80 Å². The smallest absolute Gasteiger partial charge is 0.240 e. The van der Waals surface area contributed by atoms with Gasteiger partial charge in [0.15, 0.2) is 0 Å². The molecule has 6 nitrogen and oxygen atoms in total. The third kappa shape index (κ3) is 4.06. The molecule has 7 heteroatoms. The number of hydrogen-bond donors (Lipinski definition) is 1. The van der Waals surface area contributed by atoms with Crippen molar-refractivity contribution in [2.24, 2.45) is 5.14 Å². The van der Waals surface area contributed by atoms with Crippen LogP contribution in [0, 0.1) is 0 Å². The quantitative estimate of drug-likeness (QED) is 0.699. The Morgan fingerprint density at radius 1 is 0.931 bits per heavy atom. The molecule has 1 aliphatic rings. The fourth-order valence-corrected chi connectivity index (χ4v) is 4.76. The van der Waals surface area contributed by atoms with Crippen LogP contribution in [-0.4, -0.2) is 39.6 Å². The summed E-state index contributed by atoms with van der Waals surface area (Å²) in [6.45, 7) is 5.23. The molecule has 3 aromatic rings. The molecule has 0 radical (unpaired) electrons. The van der Waals surface area contributed by atoms with Gasteiger partial charge in [0.05, 0.1) is 11.2 Å². The zero-order chi connectivity index (χ0) is 20.4. The summed E-state index contributed by atoms with van der Waals surface area (Å²) in [6.07, 6.45) is 2.02. The Labute approximate surface area is 172 Å². The predicted octanol–water partition coefficient (Wildman–Crippen LogP) is 3.16. The van der Waals surface area contributed by atoms with E-state index in [1.54, 1.807) is 12.1 Å². The van der Waals surface area contributed by atoms with E-state index in [4.69, 9.17) is 10.1 Å². The van der Waals surface area contributed by atoms with Gasteiger partial charge in [-0.25, -0.2) is 13.6 Å². The average molecular weight is 411 g/mol. The Kier molecular flexibility index (Phi) is 5.43. The molecule has 1 saturated heterocycles. The van der Waals surface area contributed by atoms with Crippen molar-refractivity contribution in [2.45, 2.75) is 24.7 Å². The summed E-state index contributed by atoms with van der Waals surface area (Å²) < 4.78 is 23.9. The van der Waals surface area contributed by atoms with Crippen LogP contribution < -0.4 is 14.9 Å². The summed E-state index contributed by atoms with van der Waals surface area (Å²) in [5.41, 5.74) is 4.03. The van der Waals surface area contributed by atoms with Crippen molar-refractivity contribution >= 4 is 32.3 Å². The summed E-state index contributed by atoms with van der Waals surface area (Å²) >= 11 is 0. The second-order valence-corrected chi connectivity index (χ2v) is 8.92. The normalized spacial score (nSPS) is 15.1. The minimum atomic E-state index is -3.75. The highest BCUT2D eigenvalue weighted by atomic mass is 32.2. The summed E-state index contributed by atoms with van der Waals surface area (Å²) in [5.74, 6) is 0. The molecular formula is C22H26N4O2S. The van der Waals surface area contributed by atoms with E-state index in [-0.39, 0.29) is 4.90 Å². The van der Waals surface area contributed by atoms with Gasteiger partial charge >= 0.3 is 0 Å². The lowest BCUT2D eigenvalue weighted by molar-refractivity contribution is 0.595. The predicted molar refractivity (Wildman–Crippen MR) is 118 cm³/mol. The number of primary sulfonamides is 1. The van der Waals surface area contributed by atoms with Gasteiger partial charge in [-0.3, -0.25) is 4.98 Å². The van der Waals surface area contributed by atoms with E-state index < -0.39 is 10.0 Å². The number of hydrogen-bond acceptors (Lipinski definition) is 5. The molecule has 1 aromatic heterocycles. The Morgan fingerprint density at radius 3 is 2.24 bits per heavy atom. The van der Waals surface area contributed by atoms with Crippen molar-refractivity contribution in [3.8, 4) is 0 Å². The van der Waals surface area contributed by atoms with Crippen LogP contribution in [0.5, 0.6) is 0 Å². The third-order valence-electron chi connectivity index (χ3n) is 5.39. The first-order valence-corrected chi connectivity index (χ1v) is 11.5. The van der Waals surface area contributed by atoms with E-state index in [0.29, 0.717) is 5.69 Å². The number of nitrogens with zero attached hydrogens (tertiary/aromatic N) is 3. The molecule has 4 rings (SSSR count). The maximum Gasteiger partial charge on any atom is 0.240 e. The number of pyridine rings is 1. The number of aryl methyl sites for hydroxylation is 1. The monoisotopic (exact) mass is 410 g/mol. The van der Waals surface area contributed by atoms with Crippen LogP contribution in [0.2, 0.25) is 0 Å². The van der Waals surface area contributed by atoms with E-state index >= 15 is 0 Å². The minimum Gasteiger partial charge on any atom is -0.367 e. The van der Waals surface area contributed by atoms with Gasteiger partial charge in [0, 0.05) is 42.9 Å². The first kappa shape index (κ1) is 19.7. The van der Waals surface area contributed by atoms with Crippen molar-refractivity contribution in [3.63, 3.8) is 0 Å². The average Bonchev–Trinajstić information content (AvgIpc) is 2.73. The number of aromatic nitrogens is 1. The number of sulfonamides is 1. The third-order valence-corrected chi connectivity index (χ3v) is 6.34. The molecular weight excluding hydrogens is 384 g/mol. The fourth-order valence-electron chi connectivity index (χ4n) is 4.00. The minimum absolute atomic E-state index is 0.188. The van der Waals surface area contributed by atoms with Crippen molar-refractivity contribution < 1.29 is 8.42 Å². The molecule has 0 saturated carbocycles. The lowest BCUT2D eigenvalue weighted by Crippen LogP contribution is -2.47. The van der Waals surface area contributed by atoms with Gasteiger partial charge in [-0.1, -0.05) is 43.7 Å². The van der Waals surface area contributed by atoms with Gasteiger partial charge in [0.2, 0.25) is 10.0 Å². The summed E-state index contributed by atoms with van der Waals surface area (Å²) in [7, 11) is -3.75. The van der Waals surface area contributed by atoms with Crippen molar-refractivity contribution in [1.82, 2.24) is 4.98 Å². The number of benzene rings is 2. The Morgan fingerprint density at radius 2 is 1.55 bits per heavy atom. The van der Waals surface area contributed by atoms with Gasteiger partial charge in [-0.05, 0) is 30.7 Å². The highest BCUT2D eigenvalue weighted by Crippen LogP contribution is 2.30. The second kappa shape index (κ2) is 8.00. The lowest BCUT2D eigenvalue weighted by Gasteiger charge is -2.38. The van der Waals surface area contributed by atoms with E-state index in [1.165, 1.54) is 5.69 Å². The standard InChI is InChI=1S/C22H26N4O2S/c1-2-7-17-16-21(18-8-3-4-9-19(18)24-17)26-14-12-25(13-15-26)20-10-5-6-11-22(20)29(23,27)28/h3-6,8-11,16H,2,7,12-15H2,1H3,(H2,23,27,28). The molecule has 0 atom stereocenters. The number of para-hydroxylation sites is 2. The number of anilines is 2. The Balaban J connectivity index is 1.61. The van der Waals surface area contributed by atoms with Crippen molar-refractivity contribution in [1.29, 1.82) is 0 Å². The zero-order valence-electron chi connectivity index (χ0n) is 16.6.